The number of fused-ring (bicyclic) bond motifs is 1. The second kappa shape index (κ2) is 6.23. The molecule has 1 unspecified atom stereocenters. The van der Waals surface area contributed by atoms with E-state index < -0.39 is 0 Å². The molecule has 22 heavy (non-hydrogen) atoms. The fourth-order valence-corrected chi connectivity index (χ4v) is 4.17. The number of anilines is 1. The van der Waals surface area contributed by atoms with Gasteiger partial charge in [-0.15, -0.1) is 11.3 Å². The lowest BCUT2D eigenvalue weighted by Gasteiger charge is -2.32. The largest absolute Gasteiger partial charge is 0.325 e. The van der Waals surface area contributed by atoms with Crippen LogP contribution in [-0.2, 0) is 11.2 Å². The third kappa shape index (κ3) is 3.23. The zero-order chi connectivity index (χ0) is 15.7. The minimum absolute atomic E-state index is 0.0653. The number of thiophene rings is 1. The summed E-state index contributed by atoms with van der Waals surface area (Å²) >= 11 is 1.83. The Morgan fingerprint density at radius 3 is 2.77 bits per heavy atom. The summed E-state index contributed by atoms with van der Waals surface area (Å²) in [6.45, 7) is 7.69. The summed E-state index contributed by atoms with van der Waals surface area (Å²) in [5, 5.41) is 5.18. The van der Waals surface area contributed by atoms with Crippen LogP contribution in [-0.4, -0.2) is 23.9 Å². The van der Waals surface area contributed by atoms with Gasteiger partial charge in [-0.1, -0.05) is 6.07 Å². The van der Waals surface area contributed by atoms with Gasteiger partial charge in [0, 0.05) is 23.2 Å². The molecule has 3 nitrogen and oxygen atoms in total. The van der Waals surface area contributed by atoms with Crippen molar-refractivity contribution in [3.8, 4) is 0 Å². The van der Waals surface area contributed by atoms with Gasteiger partial charge >= 0.3 is 0 Å². The Kier molecular flexibility index (Phi) is 4.32. The molecule has 0 radical (unpaired) electrons. The average molecular weight is 314 g/mol. The predicted molar refractivity (Wildman–Crippen MR) is 92.6 cm³/mol. The van der Waals surface area contributed by atoms with Crippen molar-refractivity contribution >= 4 is 22.9 Å². The van der Waals surface area contributed by atoms with E-state index in [9.17, 15) is 4.79 Å². The van der Waals surface area contributed by atoms with Crippen molar-refractivity contribution < 1.29 is 4.79 Å². The topological polar surface area (TPSA) is 32.3 Å². The maximum absolute atomic E-state index is 12.3. The molecule has 0 aliphatic carbocycles. The third-order valence-electron chi connectivity index (χ3n) is 4.26. The number of aryl methyl sites for hydroxylation is 2. The Labute approximate surface area is 136 Å². The Balaban J connectivity index is 1.65. The molecule has 2 aromatic rings. The SMILES string of the molecule is Cc1cc(C)cc(NC(=O)CN2CCc3sccc3C2C)c1. The number of nitrogens with zero attached hydrogens (tertiary/aromatic N) is 1. The van der Waals surface area contributed by atoms with Crippen LogP contribution in [0.25, 0.3) is 0 Å². The van der Waals surface area contributed by atoms with Crippen molar-refractivity contribution in [1.29, 1.82) is 0 Å². The quantitative estimate of drug-likeness (QED) is 0.931. The van der Waals surface area contributed by atoms with Crippen LogP contribution in [0.1, 0.15) is 34.5 Å². The number of amides is 1. The van der Waals surface area contributed by atoms with Gasteiger partial charge < -0.3 is 5.32 Å². The highest BCUT2D eigenvalue weighted by Gasteiger charge is 2.26. The summed E-state index contributed by atoms with van der Waals surface area (Å²) in [5.74, 6) is 0.0653. The number of hydrogen-bond acceptors (Lipinski definition) is 3. The van der Waals surface area contributed by atoms with Crippen molar-refractivity contribution in [1.82, 2.24) is 4.90 Å². The van der Waals surface area contributed by atoms with Crippen LogP contribution >= 0.6 is 11.3 Å². The van der Waals surface area contributed by atoms with Crippen molar-refractivity contribution in [3.05, 3.63) is 51.2 Å². The molecule has 1 N–H and O–H groups in total. The van der Waals surface area contributed by atoms with Crippen LogP contribution in [0.15, 0.2) is 29.6 Å². The maximum Gasteiger partial charge on any atom is 0.238 e. The number of nitrogens with one attached hydrogen (secondary N) is 1. The molecule has 0 saturated carbocycles. The number of hydrogen-bond donors (Lipinski definition) is 1. The first-order valence-corrected chi connectivity index (χ1v) is 8.59. The highest BCUT2D eigenvalue weighted by atomic mass is 32.1. The summed E-state index contributed by atoms with van der Waals surface area (Å²) in [7, 11) is 0. The molecule has 3 rings (SSSR count). The summed E-state index contributed by atoms with van der Waals surface area (Å²) in [6, 6.07) is 8.65. The Morgan fingerprint density at radius 2 is 2.05 bits per heavy atom. The fourth-order valence-electron chi connectivity index (χ4n) is 3.21. The summed E-state index contributed by atoms with van der Waals surface area (Å²) < 4.78 is 0. The van der Waals surface area contributed by atoms with Crippen LogP contribution in [0.2, 0.25) is 0 Å². The van der Waals surface area contributed by atoms with Gasteiger partial charge in [-0.25, -0.2) is 0 Å². The average Bonchev–Trinajstić information content (AvgIpc) is 2.90. The van der Waals surface area contributed by atoms with Crippen LogP contribution in [0.5, 0.6) is 0 Å². The van der Waals surface area contributed by atoms with Crippen molar-refractivity contribution in [2.75, 3.05) is 18.4 Å². The lowest BCUT2D eigenvalue weighted by molar-refractivity contribution is -0.117. The first-order chi connectivity index (χ1) is 10.5. The van der Waals surface area contributed by atoms with E-state index in [-0.39, 0.29) is 5.91 Å². The maximum atomic E-state index is 12.3. The molecular weight excluding hydrogens is 292 g/mol. The lowest BCUT2D eigenvalue weighted by Crippen LogP contribution is -2.39. The van der Waals surface area contributed by atoms with Crippen LogP contribution < -0.4 is 5.32 Å². The van der Waals surface area contributed by atoms with Gasteiger partial charge in [-0.2, -0.15) is 0 Å². The molecule has 0 spiro atoms. The molecule has 1 aliphatic rings. The van der Waals surface area contributed by atoms with E-state index in [1.165, 1.54) is 21.6 Å². The minimum Gasteiger partial charge on any atom is -0.325 e. The van der Waals surface area contributed by atoms with Gasteiger partial charge in [0.15, 0.2) is 0 Å². The van der Waals surface area contributed by atoms with Crippen molar-refractivity contribution in [2.24, 2.45) is 0 Å². The van der Waals surface area contributed by atoms with Gasteiger partial charge in [0.25, 0.3) is 0 Å². The van der Waals surface area contributed by atoms with E-state index in [0.717, 1.165) is 18.7 Å². The molecule has 1 aromatic carbocycles. The van der Waals surface area contributed by atoms with Crippen LogP contribution in [0, 0.1) is 13.8 Å². The van der Waals surface area contributed by atoms with E-state index >= 15 is 0 Å². The summed E-state index contributed by atoms with van der Waals surface area (Å²) in [4.78, 5) is 16.1. The Morgan fingerprint density at radius 1 is 1.32 bits per heavy atom. The normalized spacial score (nSPS) is 18.0. The van der Waals surface area contributed by atoms with Crippen molar-refractivity contribution in [2.45, 2.75) is 33.2 Å². The van der Waals surface area contributed by atoms with Gasteiger partial charge in [0.05, 0.1) is 6.54 Å². The number of benzene rings is 1. The Hall–Kier alpha value is -1.65. The van der Waals surface area contributed by atoms with Crippen molar-refractivity contribution in [3.63, 3.8) is 0 Å². The number of carbonyl (C=O) groups excluding carboxylic acids is 1. The summed E-state index contributed by atoms with van der Waals surface area (Å²) in [5.41, 5.74) is 4.62. The highest BCUT2D eigenvalue weighted by molar-refractivity contribution is 7.10. The van der Waals surface area contributed by atoms with Crippen LogP contribution in [0.4, 0.5) is 5.69 Å². The third-order valence-corrected chi connectivity index (χ3v) is 5.25. The number of rotatable bonds is 3. The van der Waals surface area contributed by atoms with E-state index in [0.29, 0.717) is 12.6 Å². The van der Waals surface area contributed by atoms with Gasteiger partial charge in [0.1, 0.15) is 0 Å². The molecular formula is C18H22N2OS. The summed E-state index contributed by atoms with van der Waals surface area (Å²) in [6.07, 6.45) is 1.05. The number of carbonyl (C=O) groups is 1. The van der Waals surface area contributed by atoms with E-state index in [1.54, 1.807) is 0 Å². The molecule has 2 heterocycles. The second-order valence-corrected chi connectivity index (χ2v) is 7.12. The smallest absolute Gasteiger partial charge is 0.238 e. The molecule has 1 aliphatic heterocycles. The molecule has 4 heteroatoms. The first kappa shape index (κ1) is 15.3. The minimum atomic E-state index is 0.0653. The Bertz CT molecular complexity index is 672. The molecule has 1 aromatic heterocycles. The zero-order valence-electron chi connectivity index (χ0n) is 13.3. The molecule has 116 valence electrons. The van der Waals surface area contributed by atoms with Gasteiger partial charge in [-0.05, 0) is 67.5 Å². The van der Waals surface area contributed by atoms with Gasteiger partial charge in [-0.3, -0.25) is 9.69 Å². The molecule has 0 fully saturated rings. The lowest BCUT2D eigenvalue weighted by atomic mass is 10.0. The second-order valence-electron chi connectivity index (χ2n) is 6.12. The predicted octanol–water partition coefficient (Wildman–Crippen LogP) is 3.92. The molecule has 0 bridgehead atoms. The monoisotopic (exact) mass is 314 g/mol. The molecule has 1 atom stereocenters. The zero-order valence-corrected chi connectivity index (χ0v) is 14.2. The van der Waals surface area contributed by atoms with E-state index in [4.69, 9.17) is 0 Å². The first-order valence-electron chi connectivity index (χ1n) is 7.71. The van der Waals surface area contributed by atoms with Crippen LogP contribution in [0.3, 0.4) is 0 Å². The molecule has 0 saturated heterocycles. The standard InChI is InChI=1S/C18H22N2OS/c1-12-8-13(2)10-15(9-12)19-18(21)11-20-6-4-17-16(14(20)3)5-7-22-17/h5,7-10,14H,4,6,11H2,1-3H3,(H,19,21). The molecule has 1 amide bonds. The van der Waals surface area contributed by atoms with E-state index in [2.05, 4.69) is 34.7 Å². The fraction of sp³-hybridized carbons (Fsp3) is 0.389. The van der Waals surface area contributed by atoms with Gasteiger partial charge in [0.2, 0.25) is 5.91 Å². The van der Waals surface area contributed by atoms with E-state index in [1.807, 2.05) is 37.3 Å². The highest BCUT2D eigenvalue weighted by Crippen LogP contribution is 2.32.